The number of rotatable bonds is 5. The molecule has 5 aromatic rings. The number of imidazole rings is 1. The number of thiophene rings is 1. The molecule has 0 unspecified atom stereocenters. The van der Waals surface area contributed by atoms with Crippen molar-refractivity contribution in [2.45, 2.75) is 13.5 Å². The van der Waals surface area contributed by atoms with Crippen LogP contribution in [0.3, 0.4) is 0 Å². The highest BCUT2D eigenvalue weighted by molar-refractivity contribution is 7.22. The van der Waals surface area contributed by atoms with E-state index in [4.69, 9.17) is 0 Å². The molecular formula is C20H16N6OS2. The van der Waals surface area contributed by atoms with Crippen LogP contribution in [0.5, 0.6) is 0 Å². The zero-order valence-electron chi connectivity index (χ0n) is 15.4. The van der Waals surface area contributed by atoms with Crippen LogP contribution in [0.25, 0.3) is 15.5 Å². The molecule has 7 nitrogen and oxygen atoms in total. The monoisotopic (exact) mass is 420 g/mol. The number of nitrogens with zero attached hydrogens (tertiary/aromatic N) is 5. The number of aromatic nitrogens is 5. The number of aryl methyl sites for hydroxylation is 1. The summed E-state index contributed by atoms with van der Waals surface area (Å²) in [5, 5.41) is 10.1. The Labute approximate surface area is 174 Å². The number of hydrogen-bond acceptors (Lipinski definition) is 6. The Morgan fingerprint density at radius 2 is 2.10 bits per heavy atom. The predicted molar refractivity (Wildman–Crippen MR) is 115 cm³/mol. The average Bonchev–Trinajstić information content (AvgIpc) is 3.48. The lowest BCUT2D eigenvalue weighted by molar-refractivity contribution is 0.103. The summed E-state index contributed by atoms with van der Waals surface area (Å²) in [6.07, 6.45) is 7.38. The van der Waals surface area contributed by atoms with Crippen molar-refractivity contribution in [1.82, 2.24) is 24.1 Å². The number of thiazole rings is 1. The molecule has 5 aromatic heterocycles. The topological polar surface area (TPSA) is 77.1 Å². The summed E-state index contributed by atoms with van der Waals surface area (Å²) in [5.41, 5.74) is 3.17. The van der Waals surface area contributed by atoms with E-state index in [1.54, 1.807) is 28.4 Å². The van der Waals surface area contributed by atoms with Crippen LogP contribution in [-0.4, -0.2) is 30.1 Å². The molecule has 0 radical (unpaired) electrons. The van der Waals surface area contributed by atoms with E-state index in [-0.39, 0.29) is 5.91 Å². The molecule has 5 rings (SSSR count). The van der Waals surface area contributed by atoms with Crippen LogP contribution in [0.4, 0.5) is 5.69 Å². The number of pyridine rings is 1. The van der Waals surface area contributed by atoms with Gasteiger partial charge in [-0.2, -0.15) is 5.10 Å². The lowest BCUT2D eigenvalue weighted by atomic mass is 10.3. The first-order chi connectivity index (χ1) is 14.2. The maximum atomic E-state index is 12.7. The van der Waals surface area contributed by atoms with Gasteiger partial charge in [-0.3, -0.25) is 9.48 Å². The molecule has 0 saturated carbocycles. The molecule has 0 atom stereocenters. The van der Waals surface area contributed by atoms with Gasteiger partial charge in [-0.15, -0.1) is 22.7 Å². The third-order valence-electron chi connectivity index (χ3n) is 4.36. The highest BCUT2D eigenvalue weighted by atomic mass is 32.1. The first-order valence-electron chi connectivity index (χ1n) is 8.93. The normalized spacial score (nSPS) is 11.2. The van der Waals surface area contributed by atoms with Gasteiger partial charge in [0.2, 0.25) is 0 Å². The van der Waals surface area contributed by atoms with Gasteiger partial charge in [0.1, 0.15) is 15.5 Å². The van der Waals surface area contributed by atoms with Crippen molar-refractivity contribution in [3.05, 3.63) is 76.8 Å². The first kappa shape index (κ1) is 17.8. The van der Waals surface area contributed by atoms with Crippen molar-refractivity contribution in [3.63, 3.8) is 0 Å². The zero-order chi connectivity index (χ0) is 19.8. The van der Waals surface area contributed by atoms with Crippen molar-refractivity contribution in [1.29, 1.82) is 0 Å². The van der Waals surface area contributed by atoms with Crippen molar-refractivity contribution < 1.29 is 4.79 Å². The Balaban J connectivity index is 1.30. The minimum Gasteiger partial charge on any atom is -0.319 e. The highest BCUT2D eigenvalue weighted by Crippen LogP contribution is 2.31. The zero-order valence-corrected chi connectivity index (χ0v) is 17.1. The molecule has 0 spiro atoms. The molecule has 9 heteroatoms. The number of fused-ring (bicyclic) bond motifs is 1. The Hall–Kier alpha value is -3.30. The second kappa shape index (κ2) is 7.26. The van der Waals surface area contributed by atoms with Gasteiger partial charge >= 0.3 is 0 Å². The highest BCUT2D eigenvalue weighted by Gasteiger charge is 2.17. The fourth-order valence-electron chi connectivity index (χ4n) is 3.04. The number of carbonyl (C=O) groups is 1. The molecule has 0 saturated heterocycles. The standard InChI is InChI=1S/C20H16N6OS2/c1-13-18(29-20(22-13)16-5-4-8-28-16)19(27)24-14-9-21-26(11-14)12-15-10-25-7-3-2-6-17(25)23-15/h2-11H,12H2,1H3,(H,24,27). The van der Waals surface area contributed by atoms with Crippen LogP contribution in [0.15, 0.2) is 60.5 Å². The Kier molecular flexibility index (Phi) is 4.45. The molecule has 29 heavy (non-hydrogen) atoms. The second-order valence-electron chi connectivity index (χ2n) is 6.49. The fourth-order valence-corrected chi connectivity index (χ4v) is 4.80. The van der Waals surface area contributed by atoms with Crippen molar-refractivity contribution in [2.75, 3.05) is 5.32 Å². The molecule has 0 aliphatic rings. The largest absolute Gasteiger partial charge is 0.319 e. The lowest BCUT2D eigenvalue weighted by Gasteiger charge is -2.00. The molecule has 144 valence electrons. The van der Waals surface area contributed by atoms with Gasteiger partial charge in [0.25, 0.3) is 5.91 Å². The average molecular weight is 421 g/mol. The minimum atomic E-state index is -0.171. The molecule has 0 bridgehead atoms. The minimum absolute atomic E-state index is 0.171. The van der Waals surface area contributed by atoms with Gasteiger partial charge in [-0.1, -0.05) is 12.1 Å². The predicted octanol–water partition coefficient (Wildman–Crippen LogP) is 4.32. The van der Waals surface area contributed by atoms with E-state index < -0.39 is 0 Å². The summed E-state index contributed by atoms with van der Waals surface area (Å²) in [6, 6.07) is 9.87. The lowest BCUT2D eigenvalue weighted by Crippen LogP contribution is -2.11. The van der Waals surface area contributed by atoms with Crippen molar-refractivity contribution >= 4 is 39.9 Å². The van der Waals surface area contributed by atoms with Crippen LogP contribution in [0, 0.1) is 6.92 Å². The molecule has 0 aliphatic heterocycles. The Morgan fingerprint density at radius 1 is 1.17 bits per heavy atom. The Morgan fingerprint density at radius 3 is 2.93 bits per heavy atom. The number of anilines is 1. The summed E-state index contributed by atoms with van der Waals surface area (Å²) >= 11 is 3.02. The SMILES string of the molecule is Cc1nc(-c2cccs2)sc1C(=O)Nc1cnn(Cc2cn3ccccc3n2)c1. The van der Waals surface area contributed by atoms with Crippen molar-refractivity contribution in [3.8, 4) is 9.88 Å². The van der Waals surface area contributed by atoms with Crippen LogP contribution in [0.1, 0.15) is 21.1 Å². The van der Waals surface area contributed by atoms with Crippen LogP contribution in [-0.2, 0) is 6.54 Å². The first-order valence-corrected chi connectivity index (χ1v) is 10.6. The van der Waals surface area contributed by atoms with Crippen molar-refractivity contribution in [2.24, 2.45) is 0 Å². The van der Waals surface area contributed by atoms with Gasteiger partial charge in [-0.05, 0) is 30.5 Å². The molecule has 5 heterocycles. The van der Waals surface area contributed by atoms with Gasteiger partial charge in [0, 0.05) is 18.6 Å². The van der Waals surface area contributed by atoms with Crippen LogP contribution >= 0.6 is 22.7 Å². The molecule has 1 N–H and O–H groups in total. The van der Waals surface area contributed by atoms with E-state index in [9.17, 15) is 4.79 Å². The maximum Gasteiger partial charge on any atom is 0.267 e. The number of nitrogens with one attached hydrogen (secondary N) is 1. The van der Waals surface area contributed by atoms with E-state index >= 15 is 0 Å². The molecular weight excluding hydrogens is 404 g/mol. The van der Waals surface area contributed by atoms with E-state index in [0.29, 0.717) is 17.1 Å². The quantitative estimate of drug-likeness (QED) is 0.459. The smallest absolute Gasteiger partial charge is 0.267 e. The van der Waals surface area contributed by atoms with E-state index in [0.717, 1.165) is 26.9 Å². The van der Waals surface area contributed by atoms with E-state index in [2.05, 4.69) is 20.4 Å². The fraction of sp³-hybridized carbons (Fsp3) is 0.100. The summed E-state index contributed by atoms with van der Waals surface area (Å²) in [5.74, 6) is -0.171. The van der Waals surface area contributed by atoms with Gasteiger partial charge in [-0.25, -0.2) is 9.97 Å². The van der Waals surface area contributed by atoms with Crippen LogP contribution < -0.4 is 5.32 Å². The van der Waals surface area contributed by atoms with Gasteiger partial charge in [0.15, 0.2) is 0 Å². The van der Waals surface area contributed by atoms with Gasteiger partial charge < -0.3 is 9.72 Å². The number of hydrogen-bond donors (Lipinski definition) is 1. The Bertz CT molecular complexity index is 1260. The third-order valence-corrected chi connectivity index (χ3v) is 6.56. The van der Waals surface area contributed by atoms with E-state index in [1.165, 1.54) is 11.3 Å². The third kappa shape index (κ3) is 3.57. The van der Waals surface area contributed by atoms with E-state index in [1.807, 2.05) is 59.4 Å². The summed E-state index contributed by atoms with van der Waals surface area (Å²) in [7, 11) is 0. The summed E-state index contributed by atoms with van der Waals surface area (Å²) in [4.78, 5) is 23.5. The summed E-state index contributed by atoms with van der Waals surface area (Å²) in [6.45, 7) is 2.38. The number of carbonyl (C=O) groups excluding carboxylic acids is 1. The van der Waals surface area contributed by atoms with Gasteiger partial charge in [0.05, 0.1) is 34.7 Å². The molecule has 0 aromatic carbocycles. The maximum absolute atomic E-state index is 12.7. The van der Waals surface area contributed by atoms with Crippen LogP contribution in [0.2, 0.25) is 0 Å². The second-order valence-corrected chi connectivity index (χ2v) is 8.44. The molecule has 0 fully saturated rings. The molecule has 0 aliphatic carbocycles. The summed E-state index contributed by atoms with van der Waals surface area (Å²) < 4.78 is 3.73. The molecule has 1 amide bonds. The number of amides is 1.